The van der Waals surface area contributed by atoms with E-state index in [9.17, 15) is 14.4 Å². The van der Waals surface area contributed by atoms with Gasteiger partial charge in [0, 0.05) is 11.9 Å². The van der Waals surface area contributed by atoms with Gasteiger partial charge in [-0.1, -0.05) is 35.3 Å². The van der Waals surface area contributed by atoms with Crippen LogP contribution in [0.25, 0.3) is 10.9 Å². The molecule has 3 aromatic rings. The van der Waals surface area contributed by atoms with Crippen LogP contribution in [0.1, 0.15) is 23.0 Å². The monoisotopic (exact) mass is 491 g/mol. The highest BCUT2D eigenvalue weighted by Gasteiger charge is 2.19. The van der Waals surface area contributed by atoms with Gasteiger partial charge in [0.15, 0.2) is 0 Å². The Morgan fingerprint density at radius 3 is 2.52 bits per heavy atom. The molecule has 10 heteroatoms. The molecule has 1 amide bonds. The zero-order valence-corrected chi connectivity index (χ0v) is 19.6. The molecule has 174 valence electrons. The number of hydrogen-bond acceptors (Lipinski definition) is 6. The van der Waals surface area contributed by atoms with Crippen molar-refractivity contribution in [3.05, 3.63) is 63.8 Å². The van der Waals surface area contributed by atoms with Crippen LogP contribution in [0.15, 0.2) is 42.5 Å². The second-order valence-corrected chi connectivity index (χ2v) is 7.87. The van der Waals surface area contributed by atoms with Crippen molar-refractivity contribution >= 4 is 57.6 Å². The van der Waals surface area contributed by atoms with E-state index >= 15 is 0 Å². The van der Waals surface area contributed by atoms with Crippen molar-refractivity contribution in [3.8, 4) is 0 Å². The number of aromatic nitrogens is 1. The molecule has 0 unspecified atom stereocenters. The number of nitrogens with zero attached hydrogens (tertiary/aromatic N) is 1. The van der Waals surface area contributed by atoms with E-state index in [0.717, 1.165) is 11.1 Å². The van der Waals surface area contributed by atoms with E-state index in [1.54, 1.807) is 41.8 Å². The molecular formula is C23H23Cl2N3O5. The molecule has 2 aromatic carbocycles. The Balaban J connectivity index is 1.93. The molecule has 0 fully saturated rings. The normalized spacial score (nSPS) is 10.8. The molecule has 3 rings (SSSR count). The van der Waals surface area contributed by atoms with Crippen LogP contribution in [-0.2, 0) is 25.6 Å². The van der Waals surface area contributed by atoms with E-state index in [4.69, 9.17) is 27.9 Å². The second-order valence-electron chi connectivity index (χ2n) is 7.05. The van der Waals surface area contributed by atoms with Gasteiger partial charge in [-0.3, -0.25) is 14.9 Å². The summed E-state index contributed by atoms with van der Waals surface area (Å²) in [6.07, 6.45) is 0. The number of methoxy groups -OCH3 is 1. The Kier molecular flexibility index (Phi) is 8.32. The SMILES string of the molecule is CCOC(=O)c1cc2c(NC(=O)CNCC(=O)OC)cccc2n1Cc1ccc(Cl)c(Cl)c1. The Labute approximate surface area is 200 Å². The van der Waals surface area contributed by atoms with Gasteiger partial charge >= 0.3 is 11.9 Å². The standard InChI is InChI=1S/C23H23Cl2N3O5/c1-3-33-23(31)20-10-15-18(27-21(29)11-26-12-22(30)32-2)5-4-6-19(15)28(20)13-14-7-8-16(24)17(25)9-14/h4-10,26H,3,11-13H2,1-2H3,(H,27,29). The van der Waals surface area contributed by atoms with Gasteiger partial charge in [-0.05, 0) is 42.8 Å². The number of amides is 1. The number of nitrogens with one attached hydrogen (secondary N) is 2. The van der Waals surface area contributed by atoms with Crippen molar-refractivity contribution in [2.45, 2.75) is 13.5 Å². The van der Waals surface area contributed by atoms with Crippen molar-refractivity contribution in [3.63, 3.8) is 0 Å². The molecule has 0 saturated heterocycles. The third-order valence-electron chi connectivity index (χ3n) is 4.81. The van der Waals surface area contributed by atoms with Gasteiger partial charge in [0.1, 0.15) is 5.69 Å². The molecule has 1 heterocycles. The number of carbonyl (C=O) groups is 3. The van der Waals surface area contributed by atoms with E-state index in [2.05, 4.69) is 15.4 Å². The number of rotatable bonds is 9. The zero-order valence-electron chi connectivity index (χ0n) is 18.1. The van der Waals surface area contributed by atoms with Crippen LogP contribution in [0.2, 0.25) is 10.0 Å². The first-order chi connectivity index (χ1) is 15.8. The molecule has 0 aliphatic rings. The highest BCUT2D eigenvalue weighted by atomic mass is 35.5. The van der Waals surface area contributed by atoms with Crippen LogP contribution in [-0.4, -0.2) is 49.2 Å². The van der Waals surface area contributed by atoms with E-state index in [1.807, 2.05) is 12.1 Å². The van der Waals surface area contributed by atoms with Crippen LogP contribution >= 0.6 is 23.2 Å². The molecule has 1 aromatic heterocycles. The number of ether oxygens (including phenoxy) is 2. The second kappa shape index (κ2) is 11.2. The molecular weight excluding hydrogens is 469 g/mol. The molecule has 0 atom stereocenters. The highest BCUT2D eigenvalue weighted by Crippen LogP contribution is 2.30. The summed E-state index contributed by atoms with van der Waals surface area (Å²) in [6, 6.07) is 12.3. The maximum absolute atomic E-state index is 12.7. The third-order valence-corrected chi connectivity index (χ3v) is 5.55. The average molecular weight is 492 g/mol. The zero-order chi connectivity index (χ0) is 24.0. The quantitative estimate of drug-likeness (QED) is 0.440. The van der Waals surface area contributed by atoms with Crippen LogP contribution in [0.5, 0.6) is 0 Å². The maximum atomic E-state index is 12.7. The van der Waals surface area contributed by atoms with Crippen molar-refractivity contribution in [2.75, 3.05) is 32.1 Å². The number of halogens is 2. The van der Waals surface area contributed by atoms with Crippen molar-refractivity contribution in [1.29, 1.82) is 0 Å². The van der Waals surface area contributed by atoms with E-state index < -0.39 is 11.9 Å². The van der Waals surface area contributed by atoms with Crippen molar-refractivity contribution in [1.82, 2.24) is 9.88 Å². The molecule has 0 spiro atoms. The van der Waals surface area contributed by atoms with Crippen LogP contribution < -0.4 is 10.6 Å². The minimum atomic E-state index is -0.481. The lowest BCUT2D eigenvalue weighted by atomic mass is 10.2. The van der Waals surface area contributed by atoms with Gasteiger partial charge < -0.3 is 19.4 Å². The number of benzene rings is 2. The van der Waals surface area contributed by atoms with Gasteiger partial charge in [0.05, 0.1) is 48.1 Å². The molecule has 0 saturated carbocycles. The predicted molar refractivity (Wildman–Crippen MR) is 127 cm³/mol. The summed E-state index contributed by atoms with van der Waals surface area (Å²) >= 11 is 12.2. The van der Waals surface area contributed by atoms with E-state index in [-0.39, 0.29) is 25.6 Å². The summed E-state index contributed by atoms with van der Waals surface area (Å²) in [7, 11) is 1.27. The van der Waals surface area contributed by atoms with Crippen molar-refractivity contribution < 1.29 is 23.9 Å². The Morgan fingerprint density at radius 1 is 1.03 bits per heavy atom. The Hall–Kier alpha value is -3.07. The maximum Gasteiger partial charge on any atom is 0.354 e. The first-order valence-electron chi connectivity index (χ1n) is 10.1. The summed E-state index contributed by atoms with van der Waals surface area (Å²) in [6.45, 7) is 2.13. The highest BCUT2D eigenvalue weighted by molar-refractivity contribution is 6.42. The first kappa shape index (κ1) is 24.6. The fraction of sp³-hybridized carbons (Fsp3) is 0.261. The van der Waals surface area contributed by atoms with Gasteiger partial charge in [0.25, 0.3) is 0 Å². The molecule has 0 bridgehead atoms. The lowest BCUT2D eigenvalue weighted by Gasteiger charge is -2.12. The topological polar surface area (TPSA) is 98.7 Å². The summed E-state index contributed by atoms with van der Waals surface area (Å²) < 4.78 is 11.6. The van der Waals surface area contributed by atoms with Gasteiger partial charge in [0.2, 0.25) is 5.91 Å². The number of carbonyl (C=O) groups excluding carboxylic acids is 3. The fourth-order valence-corrected chi connectivity index (χ4v) is 3.62. The number of hydrogen-bond donors (Lipinski definition) is 2. The minimum Gasteiger partial charge on any atom is -0.468 e. The molecule has 0 radical (unpaired) electrons. The molecule has 33 heavy (non-hydrogen) atoms. The largest absolute Gasteiger partial charge is 0.468 e. The predicted octanol–water partition coefficient (Wildman–Crippen LogP) is 3.87. The lowest BCUT2D eigenvalue weighted by molar-refractivity contribution is -0.139. The van der Waals surface area contributed by atoms with Gasteiger partial charge in [-0.15, -0.1) is 0 Å². The first-order valence-corrected chi connectivity index (χ1v) is 10.9. The minimum absolute atomic E-state index is 0.0822. The smallest absolute Gasteiger partial charge is 0.354 e. The van der Waals surface area contributed by atoms with Crippen molar-refractivity contribution in [2.24, 2.45) is 0 Å². The number of anilines is 1. The summed E-state index contributed by atoms with van der Waals surface area (Å²) in [5, 5.41) is 7.04. The third kappa shape index (κ3) is 6.04. The Morgan fingerprint density at radius 2 is 1.82 bits per heavy atom. The molecule has 2 N–H and O–H groups in total. The summed E-state index contributed by atoms with van der Waals surface area (Å²) in [5.74, 6) is -1.30. The molecule has 8 nitrogen and oxygen atoms in total. The van der Waals surface area contributed by atoms with E-state index in [1.165, 1.54) is 7.11 Å². The summed E-state index contributed by atoms with van der Waals surface area (Å²) in [5.41, 5.74) is 2.43. The van der Waals surface area contributed by atoms with E-state index in [0.29, 0.717) is 33.4 Å². The van der Waals surface area contributed by atoms with Crippen LogP contribution in [0.3, 0.4) is 0 Å². The summed E-state index contributed by atoms with van der Waals surface area (Å²) in [4.78, 5) is 36.2. The fourth-order valence-electron chi connectivity index (χ4n) is 3.30. The molecule has 0 aliphatic carbocycles. The van der Waals surface area contributed by atoms with Crippen LogP contribution in [0.4, 0.5) is 5.69 Å². The lowest BCUT2D eigenvalue weighted by Crippen LogP contribution is -2.32. The van der Waals surface area contributed by atoms with Gasteiger partial charge in [-0.2, -0.15) is 0 Å². The van der Waals surface area contributed by atoms with Gasteiger partial charge in [-0.25, -0.2) is 4.79 Å². The average Bonchev–Trinajstić information content (AvgIpc) is 3.16. The van der Waals surface area contributed by atoms with Crippen LogP contribution in [0, 0.1) is 0 Å². The number of fused-ring (bicyclic) bond motifs is 1. The molecule has 0 aliphatic heterocycles. The Bertz CT molecular complexity index is 1190. The number of esters is 2.